The number of rotatable bonds is 7. The van der Waals surface area contributed by atoms with Crippen LogP contribution in [0.15, 0.2) is 18.2 Å². The van der Waals surface area contributed by atoms with E-state index in [1.165, 1.54) is 0 Å². The number of aryl methyl sites for hydroxylation is 1. The SMILES string of the molecule is COc1cc(Nc2nc(C)cc(C(=O)NC3CCCC3)n2)cc(OC)c1OC. The Balaban J connectivity index is 1.84. The van der Waals surface area contributed by atoms with Gasteiger partial charge in [0, 0.05) is 29.6 Å². The quantitative estimate of drug-likeness (QED) is 0.754. The number of amides is 1. The van der Waals surface area contributed by atoms with Crippen molar-refractivity contribution in [3.05, 3.63) is 29.6 Å². The fraction of sp³-hybridized carbons (Fsp3) is 0.450. The standard InChI is InChI=1S/C20H26N4O4/c1-12-9-15(19(25)22-13-7-5-6-8-13)24-20(21-12)23-14-10-16(26-2)18(28-4)17(11-14)27-3/h9-11,13H,5-8H2,1-4H3,(H,22,25)(H,21,23,24). The first-order valence-corrected chi connectivity index (χ1v) is 9.27. The molecule has 150 valence electrons. The second-order valence-corrected chi connectivity index (χ2v) is 6.71. The van der Waals surface area contributed by atoms with Crippen molar-refractivity contribution in [3.8, 4) is 17.2 Å². The molecule has 2 N–H and O–H groups in total. The Labute approximate surface area is 164 Å². The Morgan fingerprint density at radius 1 is 1.00 bits per heavy atom. The molecule has 0 spiro atoms. The molecule has 1 saturated carbocycles. The van der Waals surface area contributed by atoms with E-state index in [1.807, 2.05) is 6.92 Å². The number of ether oxygens (including phenoxy) is 3. The molecule has 28 heavy (non-hydrogen) atoms. The first-order valence-electron chi connectivity index (χ1n) is 9.27. The normalized spacial score (nSPS) is 13.9. The van der Waals surface area contributed by atoms with E-state index in [2.05, 4.69) is 20.6 Å². The molecule has 0 radical (unpaired) electrons. The lowest BCUT2D eigenvalue weighted by Gasteiger charge is -2.15. The van der Waals surface area contributed by atoms with Crippen LogP contribution in [0.4, 0.5) is 11.6 Å². The smallest absolute Gasteiger partial charge is 0.270 e. The van der Waals surface area contributed by atoms with E-state index in [4.69, 9.17) is 14.2 Å². The van der Waals surface area contributed by atoms with Gasteiger partial charge >= 0.3 is 0 Å². The molecule has 3 rings (SSSR count). The largest absolute Gasteiger partial charge is 0.493 e. The van der Waals surface area contributed by atoms with Gasteiger partial charge in [-0.15, -0.1) is 0 Å². The molecule has 0 saturated heterocycles. The van der Waals surface area contributed by atoms with Crippen molar-refractivity contribution in [3.63, 3.8) is 0 Å². The van der Waals surface area contributed by atoms with E-state index in [0.717, 1.165) is 25.7 Å². The highest BCUT2D eigenvalue weighted by molar-refractivity contribution is 5.93. The fourth-order valence-electron chi connectivity index (χ4n) is 3.35. The number of carbonyl (C=O) groups excluding carboxylic acids is 1. The average Bonchev–Trinajstić information content (AvgIpc) is 3.19. The second-order valence-electron chi connectivity index (χ2n) is 6.71. The summed E-state index contributed by atoms with van der Waals surface area (Å²) in [5.41, 5.74) is 1.69. The van der Waals surface area contributed by atoms with E-state index < -0.39 is 0 Å². The summed E-state index contributed by atoms with van der Waals surface area (Å²) in [6.07, 6.45) is 4.35. The molecule has 0 unspecified atom stereocenters. The van der Waals surface area contributed by atoms with Gasteiger partial charge in [-0.3, -0.25) is 4.79 Å². The minimum atomic E-state index is -0.176. The number of benzene rings is 1. The average molecular weight is 386 g/mol. The maximum atomic E-state index is 12.6. The molecular weight excluding hydrogens is 360 g/mol. The van der Waals surface area contributed by atoms with Crippen molar-refractivity contribution in [2.75, 3.05) is 26.6 Å². The van der Waals surface area contributed by atoms with E-state index in [1.54, 1.807) is 39.5 Å². The Morgan fingerprint density at radius 2 is 1.64 bits per heavy atom. The van der Waals surface area contributed by atoms with Gasteiger partial charge in [0.2, 0.25) is 11.7 Å². The lowest BCUT2D eigenvalue weighted by atomic mass is 10.2. The van der Waals surface area contributed by atoms with Crippen LogP contribution in [0, 0.1) is 6.92 Å². The summed E-state index contributed by atoms with van der Waals surface area (Å²) in [4.78, 5) is 21.3. The van der Waals surface area contributed by atoms with E-state index in [-0.39, 0.29) is 11.9 Å². The van der Waals surface area contributed by atoms with Crippen molar-refractivity contribution < 1.29 is 19.0 Å². The van der Waals surface area contributed by atoms with Crippen LogP contribution in [0.2, 0.25) is 0 Å². The lowest BCUT2D eigenvalue weighted by Crippen LogP contribution is -2.33. The zero-order chi connectivity index (χ0) is 20.1. The van der Waals surface area contributed by atoms with Crippen LogP contribution in [0.3, 0.4) is 0 Å². The Bertz CT molecular complexity index is 825. The summed E-state index contributed by atoms with van der Waals surface area (Å²) in [6.45, 7) is 1.83. The number of methoxy groups -OCH3 is 3. The van der Waals surface area contributed by atoms with Crippen molar-refractivity contribution in [1.29, 1.82) is 0 Å². The molecule has 8 heteroatoms. The van der Waals surface area contributed by atoms with Crippen LogP contribution in [-0.2, 0) is 0 Å². The Morgan fingerprint density at radius 3 is 2.21 bits per heavy atom. The van der Waals surface area contributed by atoms with E-state index in [9.17, 15) is 4.79 Å². The molecule has 1 fully saturated rings. The summed E-state index contributed by atoms with van der Waals surface area (Å²) < 4.78 is 16.1. The molecule has 1 aliphatic rings. The zero-order valence-electron chi connectivity index (χ0n) is 16.7. The molecule has 1 aliphatic carbocycles. The minimum absolute atomic E-state index is 0.176. The van der Waals surface area contributed by atoms with Crippen LogP contribution >= 0.6 is 0 Å². The Hall–Kier alpha value is -3.03. The van der Waals surface area contributed by atoms with Crippen LogP contribution in [-0.4, -0.2) is 43.2 Å². The maximum Gasteiger partial charge on any atom is 0.270 e. The van der Waals surface area contributed by atoms with Gasteiger partial charge in [-0.25, -0.2) is 9.97 Å². The van der Waals surface area contributed by atoms with Gasteiger partial charge in [-0.2, -0.15) is 0 Å². The number of hydrogen-bond acceptors (Lipinski definition) is 7. The molecule has 1 aromatic heterocycles. The number of carbonyl (C=O) groups is 1. The van der Waals surface area contributed by atoms with Crippen molar-refractivity contribution in [2.45, 2.75) is 38.6 Å². The van der Waals surface area contributed by atoms with Gasteiger partial charge in [0.1, 0.15) is 5.69 Å². The van der Waals surface area contributed by atoms with Gasteiger partial charge in [0.05, 0.1) is 21.3 Å². The number of aromatic nitrogens is 2. The predicted octanol–water partition coefficient (Wildman–Crippen LogP) is 3.23. The number of hydrogen-bond donors (Lipinski definition) is 2. The van der Waals surface area contributed by atoms with Crippen LogP contribution in [0.1, 0.15) is 41.9 Å². The van der Waals surface area contributed by atoms with Crippen molar-refractivity contribution in [2.24, 2.45) is 0 Å². The highest BCUT2D eigenvalue weighted by Crippen LogP contribution is 2.40. The number of anilines is 2. The molecule has 8 nitrogen and oxygen atoms in total. The Kier molecular flexibility index (Phi) is 6.18. The molecular formula is C20H26N4O4. The van der Waals surface area contributed by atoms with Crippen LogP contribution in [0.25, 0.3) is 0 Å². The third-order valence-corrected chi connectivity index (χ3v) is 4.70. The van der Waals surface area contributed by atoms with Gasteiger partial charge in [0.15, 0.2) is 11.5 Å². The summed E-state index contributed by atoms with van der Waals surface area (Å²) in [6, 6.07) is 5.43. The van der Waals surface area contributed by atoms with Gasteiger partial charge in [-0.05, 0) is 25.8 Å². The topological polar surface area (TPSA) is 94.6 Å². The molecule has 0 atom stereocenters. The third-order valence-electron chi connectivity index (χ3n) is 4.70. The highest BCUT2D eigenvalue weighted by atomic mass is 16.5. The van der Waals surface area contributed by atoms with Crippen molar-refractivity contribution >= 4 is 17.5 Å². The monoisotopic (exact) mass is 386 g/mol. The predicted molar refractivity (Wildman–Crippen MR) is 106 cm³/mol. The van der Waals surface area contributed by atoms with E-state index in [0.29, 0.717) is 40.3 Å². The first-order chi connectivity index (χ1) is 13.5. The molecule has 1 amide bonds. The van der Waals surface area contributed by atoms with E-state index >= 15 is 0 Å². The number of nitrogens with zero attached hydrogens (tertiary/aromatic N) is 2. The van der Waals surface area contributed by atoms with Crippen LogP contribution in [0.5, 0.6) is 17.2 Å². The van der Waals surface area contributed by atoms with Gasteiger partial charge in [-0.1, -0.05) is 12.8 Å². The summed E-state index contributed by atoms with van der Waals surface area (Å²) in [5.74, 6) is 1.67. The molecule has 0 aliphatic heterocycles. The van der Waals surface area contributed by atoms with Crippen LogP contribution < -0.4 is 24.8 Å². The number of nitrogens with one attached hydrogen (secondary N) is 2. The van der Waals surface area contributed by atoms with Gasteiger partial charge < -0.3 is 24.8 Å². The summed E-state index contributed by atoms with van der Waals surface area (Å²) in [7, 11) is 4.65. The molecule has 2 aromatic rings. The minimum Gasteiger partial charge on any atom is -0.493 e. The molecule has 0 bridgehead atoms. The lowest BCUT2D eigenvalue weighted by molar-refractivity contribution is 0.0932. The highest BCUT2D eigenvalue weighted by Gasteiger charge is 2.20. The second kappa shape index (κ2) is 8.77. The first kappa shape index (κ1) is 19.7. The third kappa shape index (κ3) is 4.44. The fourth-order valence-corrected chi connectivity index (χ4v) is 3.35. The summed E-state index contributed by atoms with van der Waals surface area (Å²) >= 11 is 0. The zero-order valence-corrected chi connectivity index (χ0v) is 16.7. The van der Waals surface area contributed by atoms with Gasteiger partial charge in [0.25, 0.3) is 5.91 Å². The maximum absolute atomic E-state index is 12.6. The van der Waals surface area contributed by atoms with Crippen molar-refractivity contribution in [1.82, 2.24) is 15.3 Å². The molecule has 1 aromatic carbocycles. The molecule has 1 heterocycles. The summed E-state index contributed by atoms with van der Waals surface area (Å²) in [5, 5.41) is 6.17.